The molecule has 0 spiro atoms. The molecule has 0 unspecified atom stereocenters. The molecule has 0 saturated carbocycles. The molecule has 7 heteroatoms. The van der Waals surface area contributed by atoms with Gasteiger partial charge in [-0.2, -0.15) is 5.26 Å². The largest absolute Gasteiger partial charge is 0.480 e. The average molecular weight is 267 g/mol. The van der Waals surface area contributed by atoms with Gasteiger partial charge in [0.2, 0.25) is 0 Å². The Kier molecular flexibility index (Phi) is 2.51. The van der Waals surface area contributed by atoms with Gasteiger partial charge >= 0.3 is 5.97 Å². The lowest BCUT2D eigenvalue weighted by Crippen LogP contribution is -2.09. The zero-order valence-electron chi connectivity index (χ0n) is 10.2. The molecule has 7 nitrogen and oxygen atoms in total. The zero-order valence-corrected chi connectivity index (χ0v) is 10.2. The summed E-state index contributed by atoms with van der Waals surface area (Å²) < 4.78 is 1.55. The van der Waals surface area contributed by atoms with Crippen LogP contribution in [0.15, 0.2) is 24.5 Å². The Balaban J connectivity index is 2.50. The van der Waals surface area contributed by atoms with Gasteiger partial charge in [-0.15, -0.1) is 0 Å². The Morgan fingerprint density at radius 2 is 2.25 bits per heavy atom. The summed E-state index contributed by atoms with van der Waals surface area (Å²) in [6.07, 6.45) is 1.29. The number of nitrogens with zero attached hydrogens (tertiary/aromatic N) is 4. The number of carbonyl (C=O) groups is 1. The third-order valence-corrected chi connectivity index (χ3v) is 3.09. The fraction of sp³-hybridized carbons (Fsp3) is 0.0769. The van der Waals surface area contributed by atoms with Crippen molar-refractivity contribution in [2.24, 2.45) is 0 Å². The van der Waals surface area contributed by atoms with Crippen molar-refractivity contribution in [1.82, 2.24) is 14.5 Å². The molecule has 0 atom stereocenters. The van der Waals surface area contributed by atoms with E-state index >= 15 is 0 Å². The van der Waals surface area contributed by atoms with Crippen LogP contribution in [0, 0.1) is 11.3 Å². The summed E-state index contributed by atoms with van der Waals surface area (Å²) in [6.45, 7) is -0.234. The van der Waals surface area contributed by atoms with Gasteiger partial charge in [-0.05, 0) is 18.2 Å². The van der Waals surface area contributed by atoms with Gasteiger partial charge < -0.3 is 15.4 Å². The third kappa shape index (κ3) is 1.63. The minimum absolute atomic E-state index is 0.234. The first-order chi connectivity index (χ1) is 9.61. The van der Waals surface area contributed by atoms with E-state index in [0.717, 1.165) is 0 Å². The lowest BCUT2D eigenvalue weighted by atomic mass is 10.1. The van der Waals surface area contributed by atoms with E-state index < -0.39 is 5.97 Å². The van der Waals surface area contributed by atoms with Crippen molar-refractivity contribution in [1.29, 1.82) is 5.26 Å². The van der Waals surface area contributed by atoms with E-state index in [0.29, 0.717) is 27.5 Å². The van der Waals surface area contributed by atoms with E-state index in [1.54, 1.807) is 22.8 Å². The molecule has 0 fully saturated rings. The monoisotopic (exact) mass is 267 g/mol. The van der Waals surface area contributed by atoms with Crippen LogP contribution in [0.5, 0.6) is 0 Å². The average Bonchev–Trinajstić information content (AvgIpc) is 2.73. The molecular formula is C13H9N5O2. The first-order valence-electron chi connectivity index (χ1n) is 5.76. The number of hydrogen-bond acceptors (Lipinski definition) is 5. The molecule has 0 aliphatic heterocycles. The molecule has 1 aromatic carbocycles. The van der Waals surface area contributed by atoms with Crippen molar-refractivity contribution < 1.29 is 9.90 Å². The molecule has 0 radical (unpaired) electrons. The van der Waals surface area contributed by atoms with Crippen LogP contribution < -0.4 is 5.73 Å². The standard InChI is InChI=1S/C13H9N5O2/c14-4-7-1-2-9-8(3-7)11-12(15)16-6-17-13(11)18(9)5-10(19)20/h1-3,6H,5H2,(H,19,20)(H2,15,16,17). The molecule has 0 bridgehead atoms. The van der Waals surface area contributed by atoms with Crippen LogP contribution in [0.25, 0.3) is 21.9 Å². The number of fused-ring (bicyclic) bond motifs is 3. The Bertz CT molecular complexity index is 891. The van der Waals surface area contributed by atoms with Crippen molar-refractivity contribution >= 4 is 33.7 Å². The summed E-state index contributed by atoms with van der Waals surface area (Å²) >= 11 is 0. The summed E-state index contributed by atoms with van der Waals surface area (Å²) in [7, 11) is 0. The number of aromatic nitrogens is 3. The van der Waals surface area contributed by atoms with Crippen molar-refractivity contribution in [2.75, 3.05) is 5.73 Å². The third-order valence-electron chi connectivity index (χ3n) is 3.09. The Morgan fingerprint density at radius 1 is 1.45 bits per heavy atom. The molecule has 3 N–H and O–H groups in total. The fourth-order valence-corrected chi connectivity index (χ4v) is 2.30. The molecule has 2 aromatic heterocycles. The SMILES string of the molecule is N#Cc1ccc2c(c1)c1c(N)ncnc1n2CC(=O)O. The van der Waals surface area contributed by atoms with Crippen LogP contribution in [0.3, 0.4) is 0 Å². The maximum Gasteiger partial charge on any atom is 0.323 e. The number of benzene rings is 1. The fourth-order valence-electron chi connectivity index (χ4n) is 2.30. The van der Waals surface area contributed by atoms with Gasteiger partial charge in [-0.1, -0.05) is 0 Å². The minimum atomic E-state index is -0.981. The lowest BCUT2D eigenvalue weighted by Gasteiger charge is -2.02. The van der Waals surface area contributed by atoms with Crippen LogP contribution in [-0.2, 0) is 11.3 Å². The van der Waals surface area contributed by atoms with Gasteiger partial charge in [0.25, 0.3) is 0 Å². The van der Waals surface area contributed by atoms with Crippen molar-refractivity contribution in [3.8, 4) is 6.07 Å². The van der Waals surface area contributed by atoms with Gasteiger partial charge in [0.05, 0.1) is 22.5 Å². The van der Waals surface area contributed by atoms with Crippen LogP contribution in [-0.4, -0.2) is 25.6 Å². The summed E-state index contributed by atoms with van der Waals surface area (Å²) in [4.78, 5) is 19.1. The maximum atomic E-state index is 11.0. The molecular weight excluding hydrogens is 258 g/mol. The summed E-state index contributed by atoms with van der Waals surface area (Å²) in [6, 6.07) is 7.03. The smallest absolute Gasteiger partial charge is 0.323 e. The highest BCUT2D eigenvalue weighted by atomic mass is 16.4. The van der Waals surface area contributed by atoms with E-state index in [1.165, 1.54) is 6.33 Å². The number of rotatable bonds is 2. The number of hydrogen-bond donors (Lipinski definition) is 2. The van der Waals surface area contributed by atoms with E-state index in [4.69, 9.17) is 16.1 Å². The first kappa shape index (κ1) is 11.9. The number of nitrogens with two attached hydrogens (primary N) is 1. The number of carboxylic acid groups (broad SMARTS) is 1. The second-order valence-corrected chi connectivity index (χ2v) is 4.28. The molecule has 0 saturated heterocycles. The molecule has 0 aliphatic carbocycles. The van der Waals surface area contributed by atoms with E-state index in [9.17, 15) is 4.79 Å². The number of aliphatic carboxylic acids is 1. The quantitative estimate of drug-likeness (QED) is 0.718. The second-order valence-electron chi connectivity index (χ2n) is 4.28. The highest BCUT2D eigenvalue weighted by molar-refractivity contribution is 6.12. The molecule has 3 aromatic rings. The first-order valence-corrected chi connectivity index (χ1v) is 5.76. The lowest BCUT2D eigenvalue weighted by molar-refractivity contribution is -0.137. The molecule has 98 valence electrons. The van der Waals surface area contributed by atoms with Gasteiger partial charge in [0, 0.05) is 5.39 Å². The molecule has 0 amide bonds. The summed E-state index contributed by atoms with van der Waals surface area (Å²) in [5.74, 6) is -0.718. The van der Waals surface area contributed by atoms with Crippen LogP contribution >= 0.6 is 0 Å². The molecule has 3 rings (SSSR count). The van der Waals surface area contributed by atoms with Gasteiger partial charge in [-0.25, -0.2) is 9.97 Å². The topological polar surface area (TPSA) is 118 Å². The predicted octanol–water partition coefficient (Wildman–Crippen LogP) is 1.12. The van der Waals surface area contributed by atoms with Crippen LogP contribution in [0.4, 0.5) is 5.82 Å². The second kappa shape index (κ2) is 4.20. The predicted molar refractivity (Wildman–Crippen MR) is 71.8 cm³/mol. The van der Waals surface area contributed by atoms with Crippen LogP contribution in [0.1, 0.15) is 5.56 Å². The van der Waals surface area contributed by atoms with E-state index in [-0.39, 0.29) is 12.4 Å². The van der Waals surface area contributed by atoms with Gasteiger partial charge in [0.15, 0.2) is 0 Å². The van der Waals surface area contributed by atoms with Crippen molar-refractivity contribution in [2.45, 2.75) is 6.54 Å². The van der Waals surface area contributed by atoms with Gasteiger partial charge in [-0.3, -0.25) is 4.79 Å². The normalized spacial score (nSPS) is 10.8. The van der Waals surface area contributed by atoms with E-state index in [2.05, 4.69) is 9.97 Å². The Labute approximate surface area is 112 Å². The number of carboxylic acids is 1. The highest BCUT2D eigenvalue weighted by Crippen LogP contribution is 2.31. The van der Waals surface area contributed by atoms with Crippen LogP contribution in [0.2, 0.25) is 0 Å². The van der Waals surface area contributed by atoms with Gasteiger partial charge in [0.1, 0.15) is 24.3 Å². The van der Waals surface area contributed by atoms with Crippen molar-refractivity contribution in [3.05, 3.63) is 30.1 Å². The molecule has 2 heterocycles. The Morgan fingerprint density at radius 3 is 2.95 bits per heavy atom. The van der Waals surface area contributed by atoms with Crippen molar-refractivity contribution in [3.63, 3.8) is 0 Å². The zero-order chi connectivity index (χ0) is 14.3. The number of anilines is 1. The summed E-state index contributed by atoms with van der Waals surface area (Å²) in [5.41, 5.74) is 7.44. The molecule has 20 heavy (non-hydrogen) atoms. The minimum Gasteiger partial charge on any atom is -0.480 e. The Hall–Kier alpha value is -3.14. The number of nitrogen functional groups attached to an aromatic ring is 1. The molecule has 0 aliphatic rings. The number of nitriles is 1. The van der Waals surface area contributed by atoms with E-state index in [1.807, 2.05) is 6.07 Å². The summed E-state index contributed by atoms with van der Waals surface area (Å²) in [5, 5.41) is 19.3. The maximum absolute atomic E-state index is 11.0. The highest BCUT2D eigenvalue weighted by Gasteiger charge is 2.16.